The van der Waals surface area contributed by atoms with E-state index in [4.69, 9.17) is 0 Å². The molecule has 4 heterocycles. The third-order valence-electron chi connectivity index (χ3n) is 4.83. The van der Waals surface area contributed by atoms with Gasteiger partial charge in [-0.25, -0.2) is 22.6 Å². The van der Waals surface area contributed by atoms with E-state index in [1.54, 1.807) is 0 Å². The van der Waals surface area contributed by atoms with E-state index in [2.05, 4.69) is 20.2 Å². The molecule has 0 aliphatic carbocycles. The molecule has 0 unspecified atom stereocenters. The summed E-state index contributed by atoms with van der Waals surface area (Å²) in [6.45, 7) is 2.72. The summed E-state index contributed by atoms with van der Waals surface area (Å²) < 4.78 is 105. The molecule has 0 N–H and O–H groups in total. The fourth-order valence-corrected chi connectivity index (χ4v) is 4.22. The number of pyridine rings is 1. The van der Waals surface area contributed by atoms with E-state index < -0.39 is 33.6 Å². The van der Waals surface area contributed by atoms with Crippen molar-refractivity contribution in [2.75, 3.05) is 5.75 Å². The third kappa shape index (κ3) is 4.22. The maximum atomic E-state index is 13.0. The minimum Gasteiger partial charge on any atom is -0.251 e. The van der Waals surface area contributed by atoms with Crippen LogP contribution in [0, 0.1) is 6.92 Å². The number of alkyl halides is 6. The summed E-state index contributed by atoms with van der Waals surface area (Å²) >= 11 is 0. The first-order chi connectivity index (χ1) is 15.7. The number of fused-ring (bicyclic) bond motifs is 1. The molecule has 0 aliphatic rings. The molecule has 4 aromatic rings. The van der Waals surface area contributed by atoms with Crippen molar-refractivity contribution in [3.8, 4) is 17.1 Å². The average Bonchev–Trinajstić information content (AvgIpc) is 3.36. The number of nitrogens with zero attached hydrogens (tertiary/aromatic N) is 6. The highest BCUT2D eigenvalue weighted by Gasteiger charge is 2.35. The zero-order chi connectivity index (χ0) is 25.1. The molecule has 0 spiro atoms. The third-order valence-corrected chi connectivity index (χ3v) is 6.57. The van der Waals surface area contributed by atoms with E-state index in [0.29, 0.717) is 6.07 Å². The SMILES string of the molecule is CCS(=O)(=O)c1cc(-n2nc(C(F)(F)F)cc2C)cnc1-c1ccn2nc(C(F)(F)F)cc2n1. The topological polar surface area (TPSA) is 95.0 Å². The van der Waals surface area contributed by atoms with Gasteiger partial charge in [-0.1, -0.05) is 6.92 Å². The highest BCUT2D eigenvalue weighted by Crippen LogP contribution is 2.32. The molecule has 0 saturated carbocycles. The molecule has 15 heteroatoms. The van der Waals surface area contributed by atoms with Crippen molar-refractivity contribution in [1.29, 1.82) is 0 Å². The minimum atomic E-state index is -4.71. The molecule has 0 fully saturated rings. The van der Waals surface area contributed by atoms with Crippen LogP contribution in [-0.2, 0) is 22.2 Å². The molecule has 0 bridgehead atoms. The van der Waals surface area contributed by atoms with Crippen molar-refractivity contribution in [1.82, 2.24) is 29.4 Å². The Bertz CT molecular complexity index is 1500. The van der Waals surface area contributed by atoms with Gasteiger partial charge in [0.25, 0.3) is 0 Å². The van der Waals surface area contributed by atoms with Crippen molar-refractivity contribution in [2.24, 2.45) is 0 Å². The fourth-order valence-electron chi connectivity index (χ4n) is 3.16. The van der Waals surface area contributed by atoms with E-state index in [-0.39, 0.29) is 39.1 Å². The number of sulfone groups is 1. The highest BCUT2D eigenvalue weighted by atomic mass is 32.2. The monoisotopic (exact) mass is 504 g/mol. The Morgan fingerprint density at radius 2 is 1.62 bits per heavy atom. The van der Waals surface area contributed by atoms with Gasteiger partial charge < -0.3 is 0 Å². The zero-order valence-corrected chi connectivity index (χ0v) is 18.2. The van der Waals surface area contributed by atoms with E-state index in [1.807, 2.05) is 0 Å². The summed E-state index contributed by atoms with van der Waals surface area (Å²) in [5.41, 5.74) is -2.75. The summed E-state index contributed by atoms with van der Waals surface area (Å²) in [6.07, 6.45) is -7.14. The lowest BCUT2D eigenvalue weighted by molar-refractivity contribution is -0.142. The Balaban J connectivity index is 1.88. The van der Waals surface area contributed by atoms with Crippen LogP contribution in [0.4, 0.5) is 26.3 Å². The second-order valence-electron chi connectivity index (χ2n) is 7.17. The fraction of sp³-hybridized carbons (Fsp3) is 0.263. The first-order valence-corrected chi connectivity index (χ1v) is 11.2. The Hall–Kier alpha value is -3.49. The second-order valence-corrected chi connectivity index (χ2v) is 9.41. The normalized spacial score (nSPS) is 13.1. The molecule has 0 aromatic carbocycles. The smallest absolute Gasteiger partial charge is 0.251 e. The standard InChI is InChI=1S/C19H14F6N6O2S/c1-3-34(32,33)13-7-11(31-10(2)6-14(29-31)18(20,21)22)9-26-17(13)12-4-5-30-16(27-12)8-15(28-30)19(23,24)25/h4-9H,3H2,1-2H3. The van der Waals surface area contributed by atoms with E-state index >= 15 is 0 Å². The van der Waals surface area contributed by atoms with Gasteiger partial charge in [0, 0.05) is 18.0 Å². The maximum absolute atomic E-state index is 13.0. The lowest BCUT2D eigenvalue weighted by Crippen LogP contribution is -2.11. The van der Waals surface area contributed by atoms with Gasteiger partial charge in [-0.3, -0.25) is 4.98 Å². The average molecular weight is 504 g/mol. The number of aryl methyl sites for hydroxylation is 1. The van der Waals surface area contributed by atoms with Crippen LogP contribution in [0.25, 0.3) is 22.7 Å². The summed E-state index contributed by atoms with van der Waals surface area (Å²) in [7, 11) is -3.98. The van der Waals surface area contributed by atoms with Crippen LogP contribution >= 0.6 is 0 Å². The van der Waals surface area contributed by atoms with Crippen LogP contribution in [0.2, 0.25) is 0 Å². The summed E-state index contributed by atoms with van der Waals surface area (Å²) in [4.78, 5) is 7.77. The Kier molecular flexibility index (Phi) is 5.42. The van der Waals surface area contributed by atoms with Crippen LogP contribution in [0.15, 0.2) is 41.6 Å². The van der Waals surface area contributed by atoms with Crippen molar-refractivity contribution < 1.29 is 34.8 Å². The van der Waals surface area contributed by atoms with E-state index in [0.717, 1.165) is 33.7 Å². The molecule has 0 aliphatic heterocycles. The van der Waals surface area contributed by atoms with Gasteiger partial charge in [0.05, 0.1) is 28.2 Å². The van der Waals surface area contributed by atoms with Gasteiger partial charge in [0.2, 0.25) is 0 Å². The van der Waals surface area contributed by atoms with Crippen LogP contribution in [0.1, 0.15) is 24.0 Å². The molecule has 8 nitrogen and oxygen atoms in total. The van der Waals surface area contributed by atoms with Gasteiger partial charge in [0.1, 0.15) is 5.69 Å². The van der Waals surface area contributed by atoms with Crippen LogP contribution in [0.5, 0.6) is 0 Å². The predicted octanol–water partition coefficient (Wildman–Crippen LogP) is 4.12. The molecule has 34 heavy (non-hydrogen) atoms. The van der Waals surface area contributed by atoms with Gasteiger partial charge in [-0.05, 0) is 25.1 Å². The summed E-state index contributed by atoms with van der Waals surface area (Å²) in [6, 6.07) is 3.83. The van der Waals surface area contributed by atoms with E-state index in [1.165, 1.54) is 19.9 Å². The number of halogens is 6. The molecule has 4 rings (SSSR count). The summed E-state index contributed by atoms with van der Waals surface area (Å²) in [5.74, 6) is -0.371. The largest absolute Gasteiger partial charge is 0.435 e. The molecule has 180 valence electrons. The summed E-state index contributed by atoms with van der Waals surface area (Å²) in [5, 5.41) is 6.87. The lowest BCUT2D eigenvalue weighted by Gasteiger charge is -2.12. The molecular weight excluding hydrogens is 490 g/mol. The molecular formula is C19H14F6N6O2S. The van der Waals surface area contributed by atoms with Crippen molar-refractivity contribution in [2.45, 2.75) is 31.1 Å². The quantitative estimate of drug-likeness (QED) is 0.388. The number of rotatable bonds is 4. The van der Waals surface area contributed by atoms with Crippen molar-refractivity contribution in [3.63, 3.8) is 0 Å². The first kappa shape index (κ1) is 23.7. The predicted molar refractivity (Wildman–Crippen MR) is 106 cm³/mol. The van der Waals surface area contributed by atoms with E-state index in [9.17, 15) is 34.8 Å². The van der Waals surface area contributed by atoms with Crippen molar-refractivity contribution in [3.05, 3.63) is 53.7 Å². The number of aromatic nitrogens is 6. The zero-order valence-electron chi connectivity index (χ0n) is 17.3. The number of hydrogen-bond acceptors (Lipinski definition) is 6. The van der Waals surface area contributed by atoms with Gasteiger partial charge >= 0.3 is 12.4 Å². The van der Waals surface area contributed by atoms with Crippen molar-refractivity contribution >= 4 is 15.5 Å². The molecule has 0 saturated heterocycles. The minimum absolute atomic E-state index is 0.0476. The Morgan fingerprint density at radius 1 is 0.971 bits per heavy atom. The lowest BCUT2D eigenvalue weighted by atomic mass is 10.2. The molecule has 0 amide bonds. The second kappa shape index (κ2) is 7.78. The van der Waals surface area contributed by atoms with Gasteiger partial charge in [0.15, 0.2) is 26.9 Å². The van der Waals surface area contributed by atoms with Crippen LogP contribution in [0.3, 0.4) is 0 Å². The molecule has 0 radical (unpaired) electrons. The van der Waals surface area contributed by atoms with Gasteiger partial charge in [-0.15, -0.1) is 0 Å². The highest BCUT2D eigenvalue weighted by molar-refractivity contribution is 7.91. The number of hydrogen-bond donors (Lipinski definition) is 0. The van der Waals surface area contributed by atoms with Crippen LogP contribution in [-0.4, -0.2) is 43.5 Å². The molecule has 4 aromatic heterocycles. The Morgan fingerprint density at radius 3 is 2.21 bits per heavy atom. The Labute approximate surface area is 187 Å². The molecule has 0 atom stereocenters. The first-order valence-electron chi connectivity index (χ1n) is 9.52. The van der Waals surface area contributed by atoms with Gasteiger partial charge in [-0.2, -0.15) is 36.5 Å². The van der Waals surface area contributed by atoms with Crippen LogP contribution < -0.4 is 0 Å². The maximum Gasteiger partial charge on any atom is 0.435 e.